The molecule has 1 amide bonds. The second-order valence-corrected chi connectivity index (χ2v) is 8.81. The minimum absolute atomic E-state index is 0. The predicted octanol–water partition coefficient (Wildman–Crippen LogP) is 5.11. The highest BCUT2D eigenvalue weighted by Crippen LogP contribution is 2.38. The molecule has 5 rings (SSSR count). The van der Waals surface area contributed by atoms with Gasteiger partial charge in [0.25, 0.3) is 5.91 Å². The normalized spacial score (nSPS) is 14.8. The first kappa shape index (κ1) is 25.9. The summed E-state index contributed by atoms with van der Waals surface area (Å²) in [6.45, 7) is 0.884. The molecule has 1 aliphatic heterocycles. The SMILES string of the molecule is COc1nc(C(=O)N(C)C)ccc1-c1cc2nccc(-c3ccc(N4CCC(F)C4)c(C#N)c3)c2o1.Cl. The van der Waals surface area contributed by atoms with E-state index in [0.29, 0.717) is 47.5 Å². The number of pyridine rings is 2. The van der Waals surface area contributed by atoms with Gasteiger partial charge < -0.3 is 19.0 Å². The van der Waals surface area contributed by atoms with E-state index in [-0.39, 0.29) is 29.9 Å². The van der Waals surface area contributed by atoms with E-state index in [1.54, 1.807) is 44.6 Å². The van der Waals surface area contributed by atoms with Crippen LogP contribution in [0.2, 0.25) is 0 Å². The van der Waals surface area contributed by atoms with E-state index in [2.05, 4.69) is 16.0 Å². The maximum atomic E-state index is 13.7. The topological polar surface area (TPSA) is 95.5 Å². The number of anilines is 1. The van der Waals surface area contributed by atoms with Gasteiger partial charge in [-0.1, -0.05) is 6.07 Å². The van der Waals surface area contributed by atoms with Gasteiger partial charge >= 0.3 is 0 Å². The summed E-state index contributed by atoms with van der Waals surface area (Å²) in [7, 11) is 4.80. The second kappa shape index (κ2) is 10.4. The number of nitrogens with zero attached hydrogens (tertiary/aromatic N) is 5. The summed E-state index contributed by atoms with van der Waals surface area (Å²) >= 11 is 0. The van der Waals surface area contributed by atoms with E-state index in [9.17, 15) is 14.4 Å². The van der Waals surface area contributed by atoms with Crippen LogP contribution in [0, 0.1) is 11.3 Å². The van der Waals surface area contributed by atoms with Crippen LogP contribution in [0.3, 0.4) is 0 Å². The minimum atomic E-state index is -0.876. The van der Waals surface area contributed by atoms with E-state index >= 15 is 0 Å². The van der Waals surface area contributed by atoms with Crippen LogP contribution in [0.25, 0.3) is 33.6 Å². The van der Waals surface area contributed by atoms with Crippen molar-refractivity contribution < 1.29 is 18.3 Å². The van der Waals surface area contributed by atoms with Crippen LogP contribution in [0.1, 0.15) is 22.5 Å². The minimum Gasteiger partial charge on any atom is -0.480 e. The molecule has 37 heavy (non-hydrogen) atoms. The second-order valence-electron chi connectivity index (χ2n) is 8.81. The third-order valence-electron chi connectivity index (χ3n) is 6.26. The van der Waals surface area contributed by atoms with Crippen LogP contribution in [-0.2, 0) is 0 Å². The average Bonchev–Trinajstić information content (AvgIpc) is 3.53. The van der Waals surface area contributed by atoms with Crippen molar-refractivity contribution in [2.24, 2.45) is 0 Å². The molecule has 1 fully saturated rings. The quantitative estimate of drug-likeness (QED) is 0.360. The van der Waals surface area contributed by atoms with Gasteiger partial charge in [-0.3, -0.25) is 9.78 Å². The van der Waals surface area contributed by atoms with Gasteiger partial charge in [-0.25, -0.2) is 9.37 Å². The summed E-state index contributed by atoms with van der Waals surface area (Å²) in [4.78, 5) is 24.5. The highest BCUT2D eigenvalue weighted by Gasteiger charge is 2.24. The Morgan fingerprint density at radius 3 is 2.70 bits per heavy atom. The number of rotatable bonds is 5. The molecule has 1 aromatic carbocycles. The Balaban J connectivity index is 0.00000320. The highest BCUT2D eigenvalue weighted by molar-refractivity contribution is 5.95. The summed E-state index contributed by atoms with van der Waals surface area (Å²) < 4.78 is 25.4. The van der Waals surface area contributed by atoms with Crippen molar-refractivity contribution in [2.45, 2.75) is 12.6 Å². The number of alkyl halides is 1. The molecular formula is C27H25ClFN5O3. The van der Waals surface area contributed by atoms with E-state index in [0.717, 1.165) is 16.8 Å². The molecule has 0 spiro atoms. The van der Waals surface area contributed by atoms with Crippen molar-refractivity contribution in [1.82, 2.24) is 14.9 Å². The maximum Gasteiger partial charge on any atom is 0.272 e. The third-order valence-corrected chi connectivity index (χ3v) is 6.26. The van der Waals surface area contributed by atoms with Gasteiger partial charge in [0.1, 0.15) is 29.2 Å². The average molecular weight is 522 g/mol. The highest BCUT2D eigenvalue weighted by atomic mass is 35.5. The molecule has 0 aliphatic carbocycles. The smallest absolute Gasteiger partial charge is 0.272 e. The first-order valence-corrected chi connectivity index (χ1v) is 11.5. The lowest BCUT2D eigenvalue weighted by molar-refractivity contribution is 0.0821. The molecule has 1 aliphatic rings. The molecule has 10 heteroatoms. The zero-order chi connectivity index (χ0) is 25.4. The third kappa shape index (κ3) is 4.80. The van der Waals surface area contributed by atoms with Crippen molar-refractivity contribution in [3.8, 4) is 34.4 Å². The molecule has 1 atom stereocenters. The predicted molar refractivity (Wildman–Crippen MR) is 141 cm³/mol. The molecule has 8 nitrogen and oxygen atoms in total. The summed E-state index contributed by atoms with van der Waals surface area (Å²) in [5.41, 5.74) is 4.78. The van der Waals surface area contributed by atoms with Gasteiger partial charge in [0.05, 0.1) is 23.9 Å². The Labute approximate surface area is 219 Å². The Bertz CT molecular complexity index is 1510. The number of fused-ring (bicyclic) bond motifs is 1. The molecule has 1 saturated heterocycles. The molecular weight excluding hydrogens is 497 g/mol. The number of nitriles is 1. The first-order chi connectivity index (χ1) is 17.4. The van der Waals surface area contributed by atoms with Crippen molar-refractivity contribution in [3.05, 3.63) is 59.9 Å². The maximum absolute atomic E-state index is 13.7. The number of hydrogen-bond acceptors (Lipinski definition) is 7. The Hall–Kier alpha value is -4.16. The molecule has 0 saturated carbocycles. The monoisotopic (exact) mass is 521 g/mol. The lowest BCUT2D eigenvalue weighted by Crippen LogP contribution is -2.22. The van der Waals surface area contributed by atoms with Gasteiger partial charge in [0.15, 0.2) is 5.58 Å². The summed E-state index contributed by atoms with van der Waals surface area (Å²) in [5.74, 6) is 0.513. The lowest BCUT2D eigenvalue weighted by Gasteiger charge is -2.19. The number of benzene rings is 1. The first-order valence-electron chi connectivity index (χ1n) is 11.5. The molecule has 0 radical (unpaired) electrons. The largest absolute Gasteiger partial charge is 0.480 e. The van der Waals surface area contributed by atoms with Crippen LogP contribution in [0.4, 0.5) is 10.1 Å². The standard InChI is InChI=1S/C27H24FN5O3.ClH/c1-32(2)27(34)21-6-5-20(26(31-21)35-3)24-13-22-25(36-24)19(8-10-30-22)16-4-7-23(17(12-16)14-29)33-11-9-18(28)15-33;/h4-8,10,12-13,18H,9,11,15H2,1-3H3;1H. The molecule has 4 aromatic rings. The number of carbonyl (C=O) groups is 1. The van der Waals surface area contributed by atoms with Gasteiger partial charge in [-0.05, 0) is 42.3 Å². The molecule has 0 N–H and O–H groups in total. The summed E-state index contributed by atoms with van der Waals surface area (Å²) in [6, 6.07) is 14.8. The van der Waals surface area contributed by atoms with E-state index in [4.69, 9.17) is 9.15 Å². The van der Waals surface area contributed by atoms with Crippen molar-refractivity contribution in [2.75, 3.05) is 39.2 Å². The van der Waals surface area contributed by atoms with E-state index in [1.165, 1.54) is 12.0 Å². The Kier molecular flexibility index (Phi) is 7.32. The molecule has 1 unspecified atom stereocenters. The fraction of sp³-hybridized carbons (Fsp3) is 0.259. The molecule has 0 bridgehead atoms. The van der Waals surface area contributed by atoms with Crippen molar-refractivity contribution >= 4 is 35.1 Å². The van der Waals surface area contributed by atoms with Crippen LogP contribution in [0.15, 0.2) is 53.1 Å². The van der Waals surface area contributed by atoms with E-state index in [1.807, 2.05) is 23.1 Å². The number of halogens is 2. The number of amides is 1. The zero-order valence-electron chi connectivity index (χ0n) is 20.6. The number of methoxy groups -OCH3 is 1. The number of ether oxygens (including phenoxy) is 1. The van der Waals surface area contributed by atoms with Gasteiger partial charge in [-0.15, -0.1) is 12.4 Å². The fourth-order valence-electron chi connectivity index (χ4n) is 4.44. The molecule has 4 heterocycles. The summed E-state index contributed by atoms with van der Waals surface area (Å²) in [6.07, 6.45) is 1.27. The number of furan rings is 1. The van der Waals surface area contributed by atoms with Crippen LogP contribution in [-0.4, -0.2) is 61.2 Å². The fourth-order valence-corrected chi connectivity index (χ4v) is 4.44. The van der Waals surface area contributed by atoms with Gasteiger partial charge in [0.2, 0.25) is 5.88 Å². The van der Waals surface area contributed by atoms with Crippen LogP contribution < -0.4 is 9.64 Å². The van der Waals surface area contributed by atoms with E-state index < -0.39 is 6.17 Å². The molecule has 3 aromatic heterocycles. The van der Waals surface area contributed by atoms with Gasteiger partial charge in [-0.2, -0.15) is 5.26 Å². The number of aromatic nitrogens is 2. The summed E-state index contributed by atoms with van der Waals surface area (Å²) in [5, 5.41) is 9.78. The molecule has 190 valence electrons. The Morgan fingerprint density at radius 1 is 1.22 bits per heavy atom. The lowest BCUT2D eigenvalue weighted by atomic mass is 10.0. The zero-order valence-corrected chi connectivity index (χ0v) is 21.4. The van der Waals surface area contributed by atoms with Crippen LogP contribution in [0.5, 0.6) is 5.88 Å². The number of hydrogen-bond donors (Lipinski definition) is 0. The van der Waals surface area contributed by atoms with Gasteiger partial charge in [0, 0.05) is 45.0 Å². The number of carbonyl (C=O) groups excluding carboxylic acids is 1. The van der Waals surface area contributed by atoms with Crippen molar-refractivity contribution in [3.63, 3.8) is 0 Å². The van der Waals surface area contributed by atoms with Crippen molar-refractivity contribution in [1.29, 1.82) is 5.26 Å². The Morgan fingerprint density at radius 2 is 2.03 bits per heavy atom. The van der Waals surface area contributed by atoms with Crippen LogP contribution >= 0.6 is 12.4 Å².